The van der Waals surface area contributed by atoms with Crippen LogP contribution in [-0.4, -0.2) is 68.6 Å². The second-order valence-electron chi connectivity index (χ2n) is 6.71. The van der Waals surface area contributed by atoms with Gasteiger partial charge in [-0.15, -0.1) is 0 Å². The average Bonchev–Trinajstić information content (AvgIpc) is 2.44. The Morgan fingerprint density at radius 1 is 1.14 bits per heavy atom. The van der Waals surface area contributed by atoms with Crippen LogP contribution in [-0.2, 0) is 14.9 Å². The molecular weight excluding hydrogens is 302 g/mol. The second-order valence-corrected chi connectivity index (χ2v) is 8.46. The molecule has 3 atom stereocenters. The van der Waals surface area contributed by atoms with Gasteiger partial charge in [0.05, 0.1) is 12.2 Å². The minimum atomic E-state index is -3.38. The SMILES string of the molecule is C[C@@H]1CN(S(=O)(=O)NCCCN2CCCC[C@@H]2C)C[C@@H](C)O1. The van der Waals surface area contributed by atoms with E-state index in [1.165, 1.54) is 23.6 Å². The van der Waals surface area contributed by atoms with Crippen molar-refractivity contribution < 1.29 is 13.2 Å². The number of nitrogens with one attached hydrogen (secondary N) is 1. The molecule has 0 spiro atoms. The van der Waals surface area contributed by atoms with E-state index in [9.17, 15) is 8.42 Å². The number of piperidine rings is 1. The molecule has 2 saturated heterocycles. The van der Waals surface area contributed by atoms with Gasteiger partial charge in [-0.25, -0.2) is 4.72 Å². The fourth-order valence-corrected chi connectivity index (χ4v) is 4.79. The van der Waals surface area contributed by atoms with Crippen LogP contribution >= 0.6 is 0 Å². The first kappa shape index (κ1) is 18.1. The highest BCUT2D eigenvalue weighted by molar-refractivity contribution is 7.87. The molecule has 0 aromatic rings. The number of rotatable bonds is 6. The van der Waals surface area contributed by atoms with Gasteiger partial charge in [0.1, 0.15) is 0 Å². The number of hydrogen-bond donors (Lipinski definition) is 1. The smallest absolute Gasteiger partial charge is 0.279 e. The molecule has 0 aliphatic carbocycles. The molecule has 1 N–H and O–H groups in total. The fraction of sp³-hybridized carbons (Fsp3) is 1.00. The van der Waals surface area contributed by atoms with E-state index in [2.05, 4.69) is 16.5 Å². The highest BCUT2D eigenvalue weighted by atomic mass is 32.2. The Morgan fingerprint density at radius 3 is 2.45 bits per heavy atom. The molecule has 0 amide bonds. The van der Waals surface area contributed by atoms with E-state index in [0.717, 1.165) is 19.5 Å². The maximum atomic E-state index is 12.3. The van der Waals surface area contributed by atoms with E-state index in [-0.39, 0.29) is 12.2 Å². The summed E-state index contributed by atoms with van der Waals surface area (Å²) in [6, 6.07) is 0.631. The summed E-state index contributed by atoms with van der Waals surface area (Å²) in [7, 11) is -3.38. The maximum absolute atomic E-state index is 12.3. The van der Waals surface area contributed by atoms with Gasteiger partial charge in [0.15, 0.2) is 0 Å². The molecule has 2 aliphatic rings. The molecule has 6 nitrogen and oxygen atoms in total. The fourth-order valence-electron chi connectivity index (χ4n) is 3.39. The van der Waals surface area contributed by atoms with E-state index >= 15 is 0 Å². The Labute approximate surface area is 135 Å². The molecule has 0 saturated carbocycles. The molecule has 2 aliphatic heterocycles. The van der Waals surface area contributed by atoms with Gasteiger partial charge in [0.25, 0.3) is 10.2 Å². The lowest BCUT2D eigenvalue weighted by molar-refractivity contribution is -0.0443. The molecule has 2 heterocycles. The van der Waals surface area contributed by atoms with Crippen LogP contribution in [0.3, 0.4) is 0 Å². The topological polar surface area (TPSA) is 61.9 Å². The third kappa shape index (κ3) is 5.16. The van der Waals surface area contributed by atoms with Gasteiger partial charge >= 0.3 is 0 Å². The first-order valence-corrected chi connectivity index (χ1v) is 9.96. The number of ether oxygens (including phenoxy) is 1. The van der Waals surface area contributed by atoms with Gasteiger partial charge in [-0.2, -0.15) is 12.7 Å². The molecule has 2 rings (SSSR count). The molecule has 0 aromatic heterocycles. The zero-order valence-electron chi connectivity index (χ0n) is 14.1. The predicted molar refractivity (Wildman–Crippen MR) is 88.0 cm³/mol. The molecule has 2 fully saturated rings. The molecule has 7 heteroatoms. The van der Waals surface area contributed by atoms with Crippen molar-refractivity contribution in [2.45, 2.75) is 64.7 Å². The summed E-state index contributed by atoms with van der Waals surface area (Å²) in [6.45, 7) is 9.58. The summed E-state index contributed by atoms with van der Waals surface area (Å²) in [5, 5.41) is 0. The highest BCUT2D eigenvalue weighted by Crippen LogP contribution is 2.16. The Bertz CT molecular complexity index is 433. The third-order valence-electron chi connectivity index (χ3n) is 4.57. The molecular formula is C15H31N3O3S. The summed E-state index contributed by atoms with van der Waals surface area (Å²) < 4.78 is 34.5. The molecule has 0 aromatic carbocycles. The minimum absolute atomic E-state index is 0.0467. The van der Waals surface area contributed by atoms with E-state index < -0.39 is 10.2 Å². The quantitative estimate of drug-likeness (QED) is 0.742. The zero-order valence-corrected chi connectivity index (χ0v) is 14.9. The van der Waals surface area contributed by atoms with Gasteiger partial charge < -0.3 is 9.64 Å². The molecule has 0 bridgehead atoms. The van der Waals surface area contributed by atoms with E-state index in [4.69, 9.17) is 4.74 Å². The van der Waals surface area contributed by atoms with Crippen LogP contribution in [0.15, 0.2) is 0 Å². The van der Waals surface area contributed by atoms with Crippen molar-refractivity contribution in [1.29, 1.82) is 0 Å². The number of likely N-dealkylation sites (tertiary alicyclic amines) is 1. The average molecular weight is 333 g/mol. The van der Waals surface area contributed by atoms with Crippen molar-refractivity contribution in [3.05, 3.63) is 0 Å². The number of nitrogens with zero attached hydrogens (tertiary/aromatic N) is 2. The first-order chi connectivity index (χ1) is 10.4. The lowest BCUT2D eigenvalue weighted by atomic mass is 10.0. The van der Waals surface area contributed by atoms with E-state index in [0.29, 0.717) is 25.7 Å². The Balaban J connectivity index is 1.73. The number of morpholine rings is 1. The van der Waals surface area contributed by atoms with Crippen LogP contribution in [0.4, 0.5) is 0 Å². The third-order valence-corrected chi connectivity index (χ3v) is 6.12. The molecule has 130 valence electrons. The Hall–Kier alpha value is -0.210. The van der Waals surface area contributed by atoms with Crippen LogP contribution in [0, 0.1) is 0 Å². The standard InChI is InChI=1S/C15H31N3O3S/c1-13-7-4-5-9-17(13)10-6-8-16-22(19,20)18-11-14(2)21-15(3)12-18/h13-16H,4-12H2,1-3H3/t13-,14+,15+/m0/s1. The van der Waals surface area contributed by atoms with Crippen molar-refractivity contribution in [2.75, 3.05) is 32.7 Å². The number of hydrogen-bond acceptors (Lipinski definition) is 4. The summed E-state index contributed by atoms with van der Waals surface area (Å²) >= 11 is 0. The molecule has 0 radical (unpaired) electrons. The van der Waals surface area contributed by atoms with Crippen LogP contribution in [0.25, 0.3) is 0 Å². The largest absolute Gasteiger partial charge is 0.373 e. The van der Waals surface area contributed by atoms with Crippen LogP contribution in [0.5, 0.6) is 0 Å². The Morgan fingerprint density at radius 2 is 1.82 bits per heavy atom. The normalized spacial score (nSPS) is 32.2. The van der Waals surface area contributed by atoms with Gasteiger partial charge in [0.2, 0.25) is 0 Å². The second kappa shape index (κ2) is 8.06. The Kier molecular flexibility index (Phi) is 6.64. The van der Waals surface area contributed by atoms with E-state index in [1.807, 2.05) is 13.8 Å². The van der Waals surface area contributed by atoms with Crippen LogP contribution in [0.1, 0.15) is 46.5 Å². The van der Waals surface area contributed by atoms with Crippen LogP contribution in [0.2, 0.25) is 0 Å². The van der Waals surface area contributed by atoms with E-state index in [1.54, 1.807) is 0 Å². The molecule has 22 heavy (non-hydrogen) atoms. The van der Waals surface area contributed by atoms with Crippen molar-refractivity contribution in [2.24, 2.45) is 0 Å². The highest BCUT2D eigenvalue weighted by Gasteiger charge is 2.30. The summed E-state index contributed by atoms with van der Waals surface area (Å²) in [4.78, 5) is 2.47. The van der Waals surface area contributed by atoms with Gasteiger partial charge in [-0.05, 0) is 53.1 Å². The lowest BCUT2D eigenvalue weighted by Gasteiger charge is -2.35. The minimum Gasteiger partial charge on any atom is -0.373 e. The van der Waals surface area contributed by atoms with Crippen molar-refractivity contribution in [1.82, 2.24) is 13.9 Å². The van der Waals surface area contributed by atoms with Gasteiger partial charge in [0, 0.05) is 25.7 Å². The summed E-state index contributed by atoms with van der Waals surface area (Å²) in [5.74, 6) is 0. The van der Waals surface area contributed by atoms with Gasteiger partial charge in [-0.3, -0.25) is 0 Å². The van der Waals surface area contributed by atoms with Gasteiger partial charge in [-0.1, -0.05) is 6.42 Å². The summed E-state index contributed by atoms with van der Waals surface area (Å²) in [6.07, 6.45) is 4.61. The lowest BCUT2D eigenvalue weighted by Crippen LogP contribution is -2.52. The van der Waals surface area contributed by atoms with Crippen LogP contribution < -0.4 is 4.72 Å². The monoisotopic (exact) mass is 333 g/mol. The van der Waals surface area contributed by atoms with Crippen molar-refractivity contribution in [3.8, 4) is 0 Å². The van der Waals surface area contributed by atoms with Crippen molar-refractivity contribution >= 4 is 10.2 Å². The summed E-state index contributed by atoms with van der Waals surface area (Å²) in [5.41, 5.74) is 0. The van der Waals surface area contributed by atoms with Crippen molar-refractivity contribution in [3.63, 3.8) is 0 Å². The molecule has 0 unspecified atom stereocenters. The zero-order chi connectivity index (χ0) is 16.2. The maximum Gasteiger partial charge on any atom is 0.279 e. The first-order valence-electron chi connectivity index (χ1n) is 8.52. The predicted octanol–water partition coefficient (Wildman–Crippen LogP) is 1.19.